The smallest absolute Gasteiger partial charge is 0.244 e. The van der Waals surface area contributed by atoms with Gasteiger partial charge in [0.15, 0.2) is 0 Å². The van der Waals surface area contributed by atoms with Crippen LogP contribution in [0.3, 0.4) is 0 Å². The van der Waals surface area contributed by atoms with E-state index in [1.165, 1.54) is 22.6 Å². The van der Waals surface area contributed by atoms with Crippen LogP contribution in [0.4, 0.5) is 0 Å². The molecular formula is C12H18N4O2S. The summed E-state index contributed by atoms with van der Waals surface area (Å²) in [6.07, 6.45) is 1.97. The quantitative estimate of drug-likeness (QED) is 0.760. The Bertz CT molecular complexity index is 546. The molecule has 0 aliphatic rings. The van der Waals surface area contributed by atoms with E-state index in [1.807, 2.05) is 25.1 Å². The summed E-state index contributed by atoms with van der Waals surface area (Å²) in [5, 5.41) is 8.63. The molecule has 1 aromatic heterocycles. The molecule has 0 spiro atoms. The van der Waals surface area contributed by atoms with E-state index in [4.69, 9.17) is 5.26 Å². The van der Waals surface area contributed by atoms with Gasteiger partial charge in [-0.2, -0.15) is 5.26 Å². The normalized spacial score (nSPS) is 11.8. The molecule has 19 heavy (non-hydrogen) atoms. The zero-order valence-electron chi connectivity index (χ0n) is 11.4. The molecule has 0 atom stereocenters. The lowest BCUT2D eigenvalue weighted by atomic mass is 10.4. The average molecular weight is 282 g/mol. The molecule has 1 heterocycles. The molecule has 1 aromatic rings. The van der Waals surface area contributed by atoms with Gasteiger partial charge in [0, 0.05) is 19.8 Å². The van der Waals surface area contributed by atoms with Crippen LogP contribution in [0.5, 0.6) is 0 Å². The van der Waals surface area contributed by atoms with Gasteiger partial charge in [-0.15, -0.1) is 0 Å². The van der Waals surface area contributed by atoms with E-state index >= 15 is 0 Å². The highest BCUT2D eigenvalue weighted by Crippen LogP contribution is 2.13. The van der Waals surface area contributed by atoms with Crippen LogP contribution in [0.1, 0.15) is 12.1 Å². The fourth-order valence-electron chi connectivity index (χ4n) is 1.51. The number of hydrogen-bond acceptors (Lipinski definition) is 5. The third kappa shape index (κ3) is 4.28. The number of nitrogens with zero attached hydrogens (tertiary/aromatic N) is 4. The van der Waals surface area contributed by atoms with Gasteiger partial charge in [-0.1, -0.05) is 0 Å². The summed E-state index contributed by atoms with van der Waals surface area (Å²) in [6.45, 7) is 1.27. The summed E-state index contributed by atoms with van der Waals surface area (Å²) in [5.74, 6) is 0. The Balaban J connectivity index is 2.76. The van der Waals surface area contributed by atoms with E-state index in [1.54, 1.807) is 7.05 Å². The lowest BCUT2D eigenvalue weighted by Crippen LogP contribution is -2.30. The second kappa shape index (κ2) is 6.61. The van der Waals surface area contributed by atoms with Crippen LogP contribution in [0.2, 0.25) is 0 Å². The molecule has 0 aromatic carbocycles. The van der Waals surface area contributed by atoms with Crippen LogP contribution in [-0.4, -0.2) is 56.8 Å². The van der Waals surface area contributed by atoms with E-state index in [0.717, 1.165) is 13.0 Å². The number of aromatic nitrogens is 1. The summed E-state index contributed by atoms with van der Waals surface area (Å²) >= 11 is 0. The minimum absolute atomic E-state index is 0.110. The fourth-order valence-corrected chi connectivity index (χ4v) is 2.66. The summed E-state index contributed by atoms with van der Waals surface area (Å²) in [4.78, 5) is 5.89. The third-order valence-corrected chi connectivity index (χ3v) is 4.48. The van der Waals surface area contributed by atoms with Crippen molar-refractivity contribution in [1.82, 2.24) is 14.2 Å². The second-order valence-corrected chi connectivity index (χ2v) is 6.52. The Hall–Kier alpha value is -1.49. The molecule has 7 heteroatoms. The van der Waals surface area contributed by atoms with E-state index in [0.29, 0.717) is 6.54 Å². The minimum Gasteiger partial charge on any atom is -0.309 e. The average Bonchev–Trinajstić information content (AvgIpc) is 2.38. The molecule has 0 aliphatic heterocycles. The zero-order valence-corrected chi connectivity index (χ0v) is 12.2. The highest BCUT2D eigenvalue weighted by Gasteiger charge is 2.20. The standard InChI is InChI=1S/C12H18N4O2S/c1-15(2)7-4-8-16(3)19(17,18)12-6-5-11(9-13)14-10-12/h5-6,10H,4,7-8H2,1-3H3. The second-order valence-electron chi connectivity index (χ2n) is 4.47. The van der Waals surface area contributed by atoms with Crippen molar-refractivity contribution in [2.24, 2.45) is 0 Å². The van der Waals surface area contributed by atoms with Gasteiger partial charge in [0.05, 0.1) is 0 Å². The molecule has 0 saturated carbocycles. The Kier molecular flexibility index (Phi) is 5.42. The maximum Gasteiger partial charge on any atom is 0.244 e. The molecule has 0 radical (unpaired) electrons. The highest BCUT2D eigenvalue weighted by molar-refractivity contribution is 7.89. The first-order valence-electron chi connectivity index (χ1n) is 5.85. The van der Waals surface area contributed by atoms with Crippen LogP contribution < -0.4 is 0 Å². The minimum atomic E-state index is -3.52. The van der Waals surface area contributed by atoms with Crippen molar-refractivity contribution in [1.29, 1.82) is 5.26 Å². The lowest BCUT2D eigenvalue weighted by Gasteiger charge is -2.18. The summed E-state index contributed by atoms with van der Waals surface area (Å²) in [6, 6.07) is 4.67. The predicted molar refractivity (Wildman–Crippen MR) is 71.9 cm³/mol. The number of rotatable bonds is 6. The molecule has 0 bridgehead atoms. The van der Waals surface area contributed by atoms with Crippen LogP contribution in [0, 0.1) is 11.3 Å². The first-order valence-corrected chi connectivity index (χ1v) is 7.29. The van der Waals surface area contributed by atoms with Gasteiger partial charge < -0.3 is 4.90 Å². The van der Waals surface area contributed by atoms with E-state index in [2.05, 4.69) is 4.98 Å². The van der Waals surface area contributed by atoms with Crippen molar-refractivity contribution >= 4 is 10.0 Å². The van der Waals surface area contributed by atoms with Gasteiger partial charge in [0.1, 0.15) is 16.7 Å². The number of hydrogen-bond donors (Lipinski definition) is 0. The van der Waals surface area contributed by atoms with Crippen molar-refractivity contribution < 1.29 is 8.42 Å². The molecule has 1 rings (SSSR count). The van der Waals surface area contributed by atoms with Gasteiger partial charge in [0.25, 0.3) is 0 Å². The number of nitriles is 1. The van der Waals surface area contributed by atoms with Gasteiger partial charge >= 0.3 is 0 Å². The van der Waals surface area contributed by atoms with E-state index < -0.39 is 10.0 Å². The van der Waals surface area contributed by atoms with Crippen molar-refractivity contribution in [3.8, 4) is 6.07 Å². The van der Waals surface area contributed by atoms with Gasteiger partial charge in [-0.05, 0) is 39.2 Å². The number of sulfonamides is 1. The van der Waals surface area contributed by atoms with Crippen LogP contribution in [0.25, 0.3) is 0 Å². The summed E-state index contributed by atoms with van der Waals surface area (Å²) < 4.78 is 25.7. The van der Waals surface area contributed by atoms with Crippen LogP contribution >= 0.6 is 0 Å². The fraction of sp³-hybridized carbons (Fsp3) is 0.500. The molecule has 6 nitrogen and oxygen atoms in total. The van der Waals surface area contributed by atoms with Gasteiger partial charge in [0.2, 0.25) is 10.0 Å². The number of pyridine rings is 1. The molecule has 104 valence electrons. The van der Waals surface area contributed by atoms with E-state index in [-0.39, 0.29) is 10.6 Å². The molecule has 0 saturated heterocycles. The van der Waals surface area contributed by atoms with Crippen molar-refractivity contribution in [2.75, 3.05) is 34.2 Å². The van der Waals surface area contributed by atoms with Crippen LogP contribution in [0.15, 0.2) is 23.2 Å². The first kappa shape index (κ1) is 15.6. The largest absolute Gasteiger partial charge is 0.309 e. The SMILES string of the molecule is CN(C)CCCN(C)S(=O)(=O)c1ccc(C#N)nc1. The van der Waals surface area contributed by atoms with Gasteiger partial charge in [-0.25, -0.2) is 17.7 Å². The highest BCUT2D eigenvalue weighted by atomic mass is 32.2. The lowest BCUT2D eigenvalue weighted by molar-refractivity contribution is 0.370. The Morgan fingerprint density at radius 3 is 2.42 bits per heavy atom. The molecule has 0 fully saturated rings. The Labute approximate surface area is 114 Å². The zero-order chi connectivity index (χ0) is 14.5. The summed E-state index contributed by atoms with van der Waals surface area (Å²) in [7, 11) is 1.91. The van der Waals surface area contributed by atoms with E-state index in [9.17, 15) is 8.42 Å². The van der Waals surface area contributed by atoms with Crippen LogP contribution in [-0.2, 0) is 10.0 Å². The van der Waals surface area contributed by atoms with Gasteiger partial charge in [-0.3, -0.25) is 0 Å². The Morgan fingerprint density at radius 2 is 1.95 bits per heavy atom. The first-order chi connectivity index (χ1) is 8.87. The van der Waals surface area contributed by atoms with Crippen molar-refractivity contribution in [3.05, 3.63) is 24.0 Å². The summed E-state index contributed by atoms with van der Waals surface area (Å²) in [5.41, 5.74) is 0.203. The monoisotopic (exact) mass is 282 g/mol. The Morgan fingerprint density at radius 1 is 1.26 bits per heavy atom. The molecular weight excluding hydrogens is 264 g/mol. The topological polar surface area (TPSA) is 77.3 Å². The van der Waals surface area contributed by atoms with Crippen molar-refractivity contribution in [2.45, 2.75) is 11.3 Å². The molecule has 0 unspecified atom stereocenters. The predicted octanol–water partition coefficient (Wildman–Crippen LogP) is 0.525. The maximum atomic E-state index is 12.2. The molecule has 0 aliphatic carbocycles. The third-order valence-electron chi connectivity index (χ3n) is 2.64. The van der Waals surface area contributed by atoms with Crippen molar-refractivity contribution in [3.63, 3.8) is 0 Å². The molecule has 0 amide bonds. The molecule has 0 N–H and O–H groups in total. The maximum absolute atomic E-state index is 12.2.